The SMILES string of the molecule is Cc1ccc(C(C)(Cl)/N=N/C(C)(Cl)c2ccccc2)cc1. The first-order chi connectivity index (χ1) is 9.81. The van der Waals surface area contributed by atoms with Crippen molar-refractivity contribution in [3.63, 3.8) is 0 Å². The van der Waals surface area contributed by atoms with Gasteiger partial charge in [-0.3, -0.25) is 0 Å². The third-order valence-corrected chi connectivity index (χ3v) is 3.89. The molecule has 0 fully saturated rings. The van der Waals surface area contributed by atoms with E-state index in [-0.39, 0.29) is 0 Å². The van der Waals surface area contributed by atoms with E-state index >= 15 is 0 Å². The summed E-state index contributed by atoms with van der Waals surface area (Å²) in [5.41, 5.74) is 2.94. The van der Waals surface area contributed by atoms with Gasteiger partial charge in [-0.2, -0.15) is 10.2 Å². The minimum absolute atomic E-state index is 0.881. The van der Waals surface area contributed by atoms with Crippen LogP contribution in [0.4, 0.5) is 0 Å². The Hall–Kier alpha value is -1.38. The van der Waals surface area contributed by atoms with E-state index in [1.807, 2.05) is 61.5 Å². The Kier molecular flexibility index (Phi) is 4.70. The summed E-state index contributed by atoms with van der Waals surface area (Å²) >= 11 is 12.9. The summed E-state index contributed by atoms with van der Waals surface area (Å²) in [7, 11) is 0. The summed E-state index contributed by atoms with van der Waals surface area (Å²) in [5.74, 6) is 0. The van der Waals surface area contributed by atoms with Gasteiger partial charge in [0.1, 0.15) is 0 Å². The van der Waals surface area contributed by atoms with Gasteiger partial charge in [-0.1, -0.05) is 83.4 Å². The van der Waals surface area contributed by atoms with Crippen LogP contribution in [0, 0.1) is 6.92 Å². The number of rotatable bonds is 4. The minimum Gasteiger partial charge on any atom is -0.164 e. The van der Waals surface area contributed by atoms with E-state index in [1.54, 1.807) is 13.8 Å². The van der Waals surface area contributed by atoms with Crippen molar-refractivity contribution >= 4 is 23.2 Å². The van der Waals surface area contributed by atoms with Crippen molar-refractivity contribution in [2.45, 2.75) is 30.8 Å². The Bertz CT molecular complexity index is 617. The summed E-state index contributed by atoms with van der Waals surface area (Å²) in [4.78, 5) is -1.86. The smallest absolute Gasteiger partial charge is 0.164 e. The molecule has 0 aliphatic carbocycles. The molecule has 0 amide bonds. The average Bonchev–Trinajstić information content (AvgIpc) is 2.47. The number of benzene rings is 2. The average molecular weight is 321 g/mol. The molecule has 2 atom stereocenters. The molecule has 4 heteroatoms. The highest BCUT2D eigenvalue weighted by atomic mass is 35.5. The van der Waals surface area contributed by atoms with E-state index in [2.05, 4.69) is 10.2 Å². The largest absolute Gasteiger partial charge is 0.176 e. The van der Waals surface area contributed by atoms with Crippen LogP contribution >= 0.6 is 23.2 Å². The number of aryl methyl sites for hydroxylation is 1. The van der Waals surface area contributed by atoms with Crippen molar-refractivity contribution < 1.29 is 0 Å². The second kappa shape index (κ2) is 6.17. The summed E-state index contributed by atoms with van der Waals surface area (Å²) in [6.45, 7) is 5.64. The molecule has 2 rings (SSSR count). The lowest BCUT2D eigenvalue weighted by Gasteiger charge is -2.21. The Balaban J connectivity index is 2.24. The first-order valence-electron chi connectivity index (χ1n) is 6.76. The maximum absolute atomic E-state index is 6.49. The van der Waals surface area contributed by atoms with Crippen LogP contribution in [-0.4, -0.2) is 0 Å². The number of nitrogens with zero attached hydrogens (tertiary/aromatic N) is 2. The Labute approximate surface area is 135 Å². The minimum atomic E-state index is -0.932. The number of hydrogen-bond acceptors (Lipinski definition) is 2. The van der Waals surface area contributed by atoms with Crippen LogP contribution in [-0.2, 0) is 10.00 Å². The lowest BCUT2D eigenvalue weighted by atomic mass is 10.1. The van der Waals surface area contributed by atoms with Gasteiger partial charge in [0.25, 0.3) is 0 Å². The highest BCUT2D eigenvalue weighted by Gasteiger charge is 2.27. The van der Waals surface area contributed by atoms with Crippen LogP contribution in [0.1, 0.15) is 30.5 Å². The van der Waals surface area contributed by atoms with E-state index in [1.165, 1.54) is 5.56 Å². The molecule has 0 spiro atoms. The molecule has 0 heterocycles. The molecule has 0 radical (unpaired) electrons. The second-order valence-corrected chi connectivity index (χ2v) is 6.81. The summed E-state index contributed by atoms with van der Waals surface area (Å²) in [6, 6.07) is 17.5. The molecule has 110 valence electrons. The molecule has 2 aromatic rings. The van der Waals surface area contributed by atoms with Crippen molar-refractivity contribution in [1.82, 2.24) is 0 Å². The molecular weight excluding hydrogens is 303 g/mol. The highest BCUT2D eigenvalue weighted by molar-refractivity contribution is 6.24. The molecule has 0 aromatic heterocycles. The molecule has 0 bridgehead atoms. The van der Waals surface area contributed by atoms with Crippen LogP contribution in [0.5, 0.6) is 0 Å². The van der Waals surface area contributed by atoms with Gasteiger partial charge < -0.3 is 0 Å². The van der Waals surface area contributed by atoms with Crippen molar-refractivity contribution in [3.8, 4) is 0 Å². The number of halogens is 2. The second-order valence-electron chi connectivity index (χ2n) is 5.34. The molecule has 0 aliphatic rings. The van der Waals surface area contributed by atoms with Crippen LogP contribution in [0.15, 0.2) is 64.8 Å². The van der Waals surface area contributed by atoms with Crippen LogP contribution in [0.3, 0.4) is 0 Å². The molecule has 0 N–H and O–H groups in total. The number of hydrogen-bond donors (Lipinski definition) is 0. The lowest BCUT2D eigenvalue weighted by Crippen LogP contribution is -2.14. The fraction of sp³-hybridized carbons (Fsp3) is 0.294. The maximum atomic E-state index is 6.49. The van der Waals surface area contributed by atoms with Crippen molar-refractivity contribution in [2.75, 3.05) is 0 Å². The van der Waals surface area contributed by atoms with Gasteiger partial charge in [-0.15, -0.1) is 0 Å². The zero-order valence-corrected chi connectivity index (χ0v) is 13.9. The van der Waals surface area contributed by atoms with E-state index in [0.717, 1.165) is 11.1 Å². The monoisotopic (exact) mass is 320 g/mol. The van der Waals surface area contributed by atoms with Crippen LogP contribution in [0.25, 0.3) is 0 Å². The van der Waals surface area contributed by atoms with E-state index in [0.29, 0.717) is 0 Å². The molecule has 0 saturated carbocycles. The van der Waals surface area contributed by atoms with Gasteiger partial charge in [-0.05, 0) is 31.9 Å². The van der Waals surface area contributed by atoms with E-state index in [9.17, 15) is 0 Å². The molecule has 0 saturated heterocycles. The maximum Gasteiger partial charge on any atom is 0.176 e. The third kappa shape index (κ3) is 4.05. The van der Waals surface area contributed by atoms with Gasteiger partial charge in [0.05, 0.1) is 0 Å². The summed E-state index contributed by atoms with van der Waals surface area (Å²) < 4.78 is 0. The normalized spacial score (nSPS) is 17.4. The fourth-order valence-corrected chi connectivity index (χ4v) is 2.23. The highest BCUT2D eigenvalue weighted by Crippen LogP contribution is 2.36. The predicted octanol–water partition coefficient (Wildman–Crippen LogP) is 5.97. The Morgan fingerprint density at radius 1 is 0.714 bits per heavy atom. The molecule has 2 unspecified atom stereocenters. The first kappa shape index (κ1) is 16.0. The van der Waals surface area contributed by atoms with Gasteiger partial charge >= 0.3 is 0 Å². The van der Waals surface area contributed by atoms with E-state index in [4.69, 9.17) is 23.2 Å². The third-order valence-electron chi connectivity index (χ3n) is 3.30. The fourth-order valence-electron chi connectivity index (χ4n) is 1.90. The van der Waals surface area contributed by atoms with Crippen molar-refractivity contribution in [3.05, 3.63) is 71.3 Å². The van der Waals surface area contributed by atoms with E-state index < -0.39 is 10.00 Å². The lowest BCUT2D eigenvalue weighted by molar-refractivity contribution is 0.577. The summed E-state index contributed by atoms with van der Waals surface area (Å²) in [6.07, 6.45) is 0. The number of azo groups is 1. The predicted molar refractivity (Wildman–Crippen MR) is 88.9 cm³/mol. The van der Waals surface area contributed by atoms with Crippen LogP contribution < -0.4 is 0 Å². The molecule has 2 nitrogen and oxygen atoms in total. The number of alkyl halides is 2. The molecule has 21 heavy (non-hydrogen) atoms. The zero-order chi connectivity index (χ0) is 15.5. The standard InChI is InChI=1S/C17H18Cl2N2/c1-13-9-11-15(12-10-13)17(3,19)21-20-16(2,18)14-7-5-4-6-8-14/h4-12H,1-3H3/b21-20+. The van der Waals surface area contributed by atoms with Gasteiger partial charge in [0, 0.05) is 0 Å². The molecule has 2 aromatic carbocycles. The van der Waals surface area contributed by atoms with Gasteiger partial charge in [0.15, 0.2) is 10.00 Å². The Morgan fingerprint density at radius 3 is 1.62 bits per heavy atom. The van der Waals surface area contributed by atoms with Gasteiger partial charge in [-0.25, -0.2) is 0 Å². The zero-order valence-electron chi connectivity index (χ0n) is 12.3. The molecule has 0 aliphatic heterocycles. The topological polar surface area (TPSA) is 24.7 Å². The van der Waals surface area contributed by atoms with Gasteiger partial charge in [0.2, 0.25) is 0 Å². The summed E-state index contributed by atoms with van der Waals surface area (Å²) in [5, 5.41) is 8.52. The quantitative estimate of drug-likeness (QED) is 0.376. The van der Waals surface area contributed by atoms with Crippen molar-refractivity contribution in [2.24, 2.45) is 10.2 Å². The van der Waals surface area contributed by atoms with Crippen LogP contribution in [0.2, 0.25) is 0 Å². The van der Waals surface area contributed by atoms with Crippen molar-refractivity contribution in [1.29, 1.82) is 0 Å². The molecular formula is C17H18Cl2N2. The Morgan fingerprint density at radius 2 is 1.14 bits per heavy atom. The first-order valence-corrected chi connectivity index (χ1v) is 7.51.